The third kappa shape index (κ3) is 1.75. The molecular formula is C11H10N2O6. The summed E-state index contributed by atoms with van der Waals surface area (Å²) in [6, 6.07) is 2.26. The van der Waals surface area contributed by atoms with E-state index in [2.05, 4.69) is 11.6 Å². The lowest BCUT2D eigenvalue weighted by molar-refractivity contribution is -0.130. The Hall–Kier alpha value is -3.03. The van der Waals surface area contributed by atoms with Gasteiger partial charge in [0, 0.05) is 12.1 Å². The molecule has 0 aliphatic rings. The second kappa shape index (κ2) is 4.02. The standard InChI is InChI=1S/C11H10N2O6/c1-4(11(18)19)7-8(10(17)12-9(7)16)13-5(14)2-3-6(13)15/h2-3,12,14-17H,1H2,(H,18,19). The summed E-state index contributed by atoms with van der Waals surface area (Å²) in [6.45, 7) is 3.26. The van der Waals surface area contributed by atoms with Crippen molar-refractivity contribution >= 4 is 11.5 Å². The Morgan fingerprint density at radius 1 is 1.11 bits per heavy atom. The molecule has 2 rings (SSSR count). The van der Waals surface area contributed by atoms with Crippen LogP contribution in [-0.2, 0) is 4.79 Å². The SMILES string of the molecule is C=C(C(=O)O)c1c(O)[nH]c(O)c1-n1c(O)ccc1O. The molecule has 6 N–H and O–H groups in total. The summed E-state index contributed by atoms with van der Waals surface area (Å²) in [6.07, 6.45) is 0. The van der Waals surface area contributed by atoms with Crippen molar-refractivity contribution in [2.45, 2.75) is 0 Å². The summed E-state index contributed by atoms with van der Waals surface area (Å²) in [7, 11) is 0. The molecule has 19 heavy (non-hydrogen) atoms. The highest BCUT2D eigenvalue weighted by atomic mass is 16.4. The molecule has 2 aromatic heterocycles. The van der Waals surface area contributed by atoms with Crippen LogP contribution in [0.3, 0.4) is 0 Å². The number of nitrogens with one attached hydrogen (secondary N) is 1. The summed E-state index contributed by atoms with van der Waals surface area (Å²) >= 11 is 0. The lowest BCUT2D eigenvalue weighted by Gasteiger charge is -2.08. The Labute approximate surface area is 106 Å². The number of aliphatic carboxylic acids is 1. The largest absolute Gasteiger partial charge is 0.494 e. The third-order valence-electron chi connectivity index (χ3n) is 2.56. The van der Waals surface area contributed by atoms with Gasteiger partial charge in [-0.3, -0.25) is 4.98 Å². The van der Waals surface area contributed by atoms with Gasteiger partial charge in [0.1, 0.15) is 5.69 Å². The van der Waals surface area contributed by atoms with Crippen LogP contribution in [0.4, 0.5) is 0 Å². The van der Waals surface area contributed by atoms with Gasteiger partial charge in [-0.15, -0.1) is 0 Å². The van der Waals surface area contributed by atoms with Gasteiger partial charge < -0.3 is 25.5 Å². The van der Waals surface area contributed by atoms with Crippen LogP contribution in [0, 0.1) is 0 Å². The summed E-state index contributed by atoms with van der Waals surface area (Å²) < 4.78 is 0.759. The number of hydrogen-bond acceptors (Lipinski definition) is 5. The van der Waals surface area contributed by atoms with Gasteiger partial charge in [-0.25, -0.2) is 9.36 Å². The van der Waals surface area contributed by atoms with E-state index in [0.29, 0.717) is 0 Å². The first kappa shape index (κ1) is 12.4. The highest BCUT2D eigenvalue weighted by molar-refractivity contribution is 6.16. The Morgan fingerprint density at radius 2 is 1.63 bits per heavy atom. The number of rotatable bonds is 3. The maximum Gasteiger partial charge on any atom is 0.335 e. The van der Waals surface area contributed by atoms with Gasteiger partial charge >= 0.3 is 5.97 Å². The molecule has 0 saturated carbocycles. The lowest BCUT2D eigenvalue weighted by Crippen LogP contribution is -2.02. The molecule has 0 unspecified atom stereocenters. The van der Waals surface area contributed by atoms with Crippen LogP contribution in [0.2, 0.25) is 0 Å². The second-order valence-corrected chi connectivity index (χ2v) is 3.71. The molecule has 2 aromatic rings. The summed E-state index contributed by atoms with van der Waals surface area (Å²) in [5, 5.41) is 47.3. The van der Waals surface area contributed by atoms with Crippen molar-refractivity contribution in [2.75, 3.05) is 0 Å². The molecule has 0 aliphatic carbocycles. The van der Waals surface area contributed by atoms with Crippen molar-refractivity contribution in [3.05, 3.63) is 24.3 Å². The second-order valence-electron chi connectivity index (χ2n) is 3.71. The van der Waals surface area contributed by atoms with Crippen molar-refractivity contribution in [1.29, 1.82) is 0 Å². The number of H-pyrrole nitrogens is 1. The molecule has 0 radical (unpaired) electrons. The van der Waals surface area contributed by atoms with E-state index in [1.807, 2.05) is 0 Å². The molecule has 0 atom stereocenters. The van der Waals surface area contributed by atoms with Gasteiger partial charge in [0.15, 0.2) is 11.8 Å². The lowest BCUT2D eigenvalue weighted by atomic mass is 10.1. The molecule has 0 bridgehead atoms. The zero-order valence-electron chi connectivity index (χ0n) is 9.45. The minimum Gasteiger partial charge on any atom is -0.494 e. The number of aromatic amines is 1. The predicted octanol–water partition coefficient (Wildman–Crippen LogP) is 0.726. The molecule has 2 heterocycles. The van der Waals surface area contributed by atoms with Gasteiger partial charge in [0.25, 0.3) is 0 Å². The van der Waals surface area contributed by atoms with Gasteiger partial charge in [-0.1, -0.05) is 6.58 Å². The van der Waals surface area contributed by atoms with E-state index < -0.39 is 35.1 Å². The Bertz CT molecular complexity index is 662. The van der Waals surface area contributed by atoms with E-state index in [0.717, 1.165) is 16.7 Å². The highest BCUT2D eigenvalue weighted by Gasteiger charge is 2.26. The minimum absolute atomic E-state index is 0.315. The fourth-order valence-corrected chi connectivity index (χ4v) is 1.72. The number of hydrogen-bond donors (Lipinski definition) is 6. The van der Waals surface area contributed by atoms with E-state index in [9.17, 15) is 25.2 Å². The Morgan fingerprint density at radius 3 is 2.11 bits per heavy atom. The quantitative estimate of drug-likeness (QED) is 0.452. The van der Waals surface area contributed by atoms with Crippen LogP contribution in [0.15, 0.2) is 18.7 Å². The number of carbonyl (C=O) groups is 1. The summed E-state index contributed by atoms with van der Waals surface area (Å²) in [4.78, 5) is 13.0. The Kier molecular flexibility index (Phi) is 2.63. The number of aromatic hydroxyl groups is 4. The fraction of sp³-hybridized carbons (Fsp3) is 0. The number of nitrogens with zero attached hydrogens (tertiary/aromatic N) is 1. The average molecular weight is 266 g/mol. The van der Waals surface area contributed by atoms with Crippen molar-refractivity contribution < 1.29 is 30.3 Å². The predicted molar refractivity (Wildman–Crippen MR) is 63.4 cm³/mol. The van der Waals surface area contributed by atoms with Crippen LogP contribution in [0.5, 0.6) is 23.5 Å². The van der Waals surface area contributed by atoms with E-state index in [1.165, 1.54) is 0 Å². The van der Waals surface area contributed by atoms with Crippen LogP contribution in [-0.4, -0.2) is 41.1 Å². The van der Waals surface area contributed by atoms with Gasteiger partial charge in [-0.05, 0) is 0 Å². The van der Waals surface area contributed by atoms with Crippen molar-refractivity contribution in [2.24, 2.45) is 0 Å². The maximum atomic E-state index is 10.9. The first-order valence-electron chi connectivity index (χ1n) is 5.01. The van der Waals surface area contributed by atoms with E-state index in [4.69, 9.17) is 5.11 Å². The van der Waals surface area contributed by atoms with Crippen LogP contribution >= 0.6 is 0 Å². The fourth-order valence-electron chi connectivity index (χ4n) is 1.72. The van der Waals surface area contributed by atoms with Gasteiger partial charge in [0.05, 0.1) is 11.1 Å². The molecule has 8 heteroatoms. The maximum absolute atomic E-state index is 10.9. The van der Waals surface area contributed by atoms with Crippen molar-refractivity contribution in [3.63, 3.8) is 0 Å². The van der Waals surface area contributed by atoms with Crippen molar-refractivity contribution in [3.8, 4) is 29.2 Å². The first-order chi connectivity index (χ1) is 8.84. The zero-order chi connectivity index (χ0) is 14.3. The number of carboxylic acid groups (broad SMARTS) is 1. The topological polar surface area (TPSA) is 139 Å². The molecule has 0 saturated heterocycles. The van der Waals surface area contributed by atoms with Gasteiger partial charge in [0.2, 0.25) is 11.8 Å². The van der Waals surface area contributed by atoms with Crippen molar-refractivity contribution in [1.82, 2.24) is 9.55 Å². The van der Waals surface area contributed by atoms with E-state index >= 15 is 0 Å². The third-order valence-corrected chi connectivity index (χ3v) is 2.56. The zero-order valence-corrected chi connectivity index (χ0v) is 9.45. The van der Waals surface area contributed by atoms with E-state index in [-0.39, 0.29) is 11.3 Å². The van der Waals surface area contributed by atoms with Crippen LogP contribution in [0.1, 0.15) is 5.56 Å². The smallest absolute Gasteiger partial charge is 0.335 e. The monoisotopic (exact) mass is 266 g/mol. The van der Waals surface area contributed by atoms with Crippen LogP contribution < -0.4 is 0 Å². The molecule has 100 valence electrons. The summed E-state index contributed by atoms with van der Waals surface area (Å²) in [5.41, 5.74) is -1.17. The van der Waals surface area contributed by atoms with Crippen LogP contribution in [0.25, 0.3) is 11.3 Å². The van der Waals surface area contributed by atoms with E-state index in [1.54, 1.807) is 0 Å². The number of carboxylic acids is 1. The molecule has 0 aliphatic heterocycles. The Balaban J connectivity index is 2.78. The molecule has 0 fully saturated rings. The summed E-state index contributed by atoms with van der Waals surface area (Å²) in [5.74, 6) is -3.61. The molecule has 0 spiro atoms. The molecular weight excluding hydrogens is 256 g/mol. The molecule has 8 nitrogen and oxygen atoms in total. The molecule has 0 amide bonds. The number of aromatic nitrogens is 2. The highest BCUT2D eigenvalue weighted by Crippen LogP contribution is 2.41. The minimum atomic E-state index is -1.43. The normalized spacial score (nSPS) is 10.5. The average Bonchev–Trinajstić information content (AvgIpc) is 2.78. The first-order valence-corrected chi connectivity index (χ1v) is 5.01. The van der Waals surface area contributed by atoms with Gasteiger partial charge in [-0.2, -0.15) is 0 Å². The molecule has 0 aromatic carbocycles.